The summed E-state index contributed by atoms with van der Waals surface area (Å²) in [5.41, 5.74) is 9.01. The Kier molecular flexibility index (Phi) is 3.28. The number of fused-ring (bicyclic) bond motifs is 1. The van der Waals surface area contributed by atoms with Gasteiger partial charge in [0.25, 0.3) is 11.8 Å². The molecule has 0 saturated carbocycles. The van der Waals surface area contributed by atoms with Crippen LogP contribution < -0.4 is 11.1 Å². The third-order valence-electron chi connectivity index (χ3n) is 3.75. The molecule has 24 heavy (non-hydrogen) atoms. The fourth-order valence-corrected chi connectivity index (χ4v) is 3.55. The van der Waals surface area contributed by atoms with Gasteiger partial charge in [0, 0.05) is 22.9 Å². The largest absolute Gasteiger partial charge is 0.365 e. The van der Waals surface area contributed by atoms with Crippen LogP contribution in [0.1, 0.15) is 20.8 Å². The first kappa shape index (κ1) is 14.4. The van der Waals surface area contributed by atoms with Crippen molar-refractivity contribution in [1.82, 2.24) is 10.2 Å². The van der Waals surface area contributed by atoms with E-state index in [2.05, 4.69) is 15.5 Å². The predicted molar refractivity (Wildman–Crippen MR) is 93.4 cm³/mol. The van der Waals surface area contributed by atoms with E-state index in [0.717, 1.165) is 16.8 Å². The van der Waals surface area contributed by atoms with Crippen molar-refractivity contribution >= 4 is 39.8 Å². The molecule has 0 saturated heterocycles. The first-order valence-corrected chi connectivity index (χ1v) is 8.01. The van der Waals surface area contributed by atoms with Crippen LogP contribution in [0, 0.1) is 0 Å². The normalized spacial score (nSPS) is 14.7. The summed E-state index contributed by atoms with van der Waals surface area (Å²) < 4.78 is 0. The number of primary amides is 1. The van der Waals surface area contributed by atoms with Crippen molar-refractivity contribution in [3.63, 3.8) is 0 Å². The standard InChI is InChI=1S/C17H12N4O2S/c18-15(22)13-7-12-11(16(23)20-17(12)24-13)6-10-8-19-21-14(10)9-4-2-1-3-5-9/h1-8H,(H2,18,22)(H,19,21)(H,20,23)/b11-6+. The Morgan fingerprint density at radius 2 is 2.04 bits per heavy atom. The molecule has 1 aliphatic rings. The molecular formula is C17H12N4O2S. The van der Waals surface area contributed by atoms with E-state index in [4.69, 9.17) is 5.73 Å². The van der Waals surface area contributed by atoms with Crippen LogP contribution in [0.2, 0.25) is 0 Å². The third-order valence-corrected chi connectivity index (χ3v) is 4.82. The average molecular weight is 336 g/mol. The number of carbonyl (C=O) groups excluding carboxylic acids is 2. The minimum Gasteiger partial charge on any atom is -0.365 e. The first-order valence-electron chi connectivity index (χ1n) is 7.20. The summed E-state index contributed by atoms with van der Waals surface area (Å²) in [4.78, 5) is 24.0. The molecular weight excluding hydrogens is 324 g/mol. The van der Waals surface area contributed by atoms with Gasteiger partial charge in [-0.3, -0.25) is 14.7 Å². The zero-order chi connectivity index (χ0) is 16.7. The van der Waals surface area contributed by atoms with Crippen molar-refractivity contribution in [1.29, 1.82) is 0 Å². The smallest absolute Gasteiger partial charge is 0.258 e. The van der Waals surface area contributed by atoms with E-state index in [1.807, 2.05) is 30.3 Å². The minimum absolute atomic E-state index is 0.201. The summed E-state index contributed by atoms with van der Waals surface area (Å²) in [7, 11) is 0. The van der Waals surface area contributed by atoms with Crippen LogP contribution >= 0.6 is 11.3 Å². The number of nitrogens with two attached hydrogens (primary N) is 1. The summed E-state index contributed by atoms with van der Waals surface area (Å²) in [6.07, 6.45) is 3.51. The molecule has 7 heteroatoms. The maximum absolute atomic E-state index is 12.2. The highest BCUT2D eigenvalue weighted by Crippen LogP contribution is 2.40. The van der Waals surface area contributed by atoms with Gasteiger partial charge in [-0.15, -0.1) is 11.3 Å². The molecule has 0 fully saturated rings. The lowest BCUT2D eigenvalue weighted by atomic mass is 10.0. The summed E-state index contributed by atoms with van der Waals surface area (Å²) >= 11 is 1.18. The van der Waals surface area contributed by atoms with Gasteiger partial charge < -0.3 is 11.1 Å². The van der Waals surface area contributed by atoms with Gasteiger partial charge in [0.15, 0.2) is 0 Å². The zero-order valence-corrected chi connectivity index (χ0v) is 13.2. The second kappa shape index (κ2) is 5.47. The third kappa shape index (κ3) is 2.31. The SMILES string of the molecule is NC(=O)c1cc2c(s1)NC(=O)/C2=C/c1c[nH]nc1-c1ccccc1. The molecule has 3 aromatic rings. The van der Waals surface area contributed by atoms with Crippen molar-refractivity contribution < 1.29 is 9.59 Å². The number of H-pyrrole nitrogens is 1. The highest BCUT2D eigenvalue weighted by atomic mass is 32.1. The Labute approximate surface area is 141 Å². The molecule has 1 aliphatic heterocycles. The van der Waals surface area contributed by atoms with Gasteiger partial charge >= 0.3 is 0 Å². The molecule has 4 N–H and O–H groups in total. The number of nitrogens with one attached hydrogen (secondary N) is 2. The maximum Gasteiger partial charge on any atom is 0.258 e. The zero-order valence-electron chi connectivity index (χ0n) is 12.4. The van der Waals surface area contributed by atoms with E-state index in [0.29, 0.717) is 21.0 Å². The fraction of sp³-hybridized carbons (Fsp3) is 0. The summed E-state index contributed by atoms with van der Waals surface area (Å²) in [5, 5.41) is 10.5. The number of aromatic amines is 1. The second-order valence-electron chi connectivity index (χ2n) is 5.29. The van der Waals surface area contributed by atoms with Crippen molar-refractivity contribution in [2.24, 2.45) is 5.73 Å². The van der Waals surface area contributed by atoms with E-state index < -0.39 is 5.91 Å². The van der Waals surface area contributed by atoms with Gasteiger partial charge in [-0.1, -0.05) is 30.3 Å². The van der Waals surface area contributed by atoms with Crippen molar-refractivity contribution in [3.8, 4) is 11.3 Å². The molecule has 0 aliphatic carbocycles. The number of aromatic nitrogens is 2. The molecule has 6 nitrogen and oxygen atoms in total. The van der Waals surface area contributed by atoms with Gasteiger partial charge in [0.1, 0.15) is 5.00 Å². The van der Waals surface area contributed by atoms with Gasteiger partial charge in [-0.25, -0.2) is 0 Å². The average Bonchev–Trinajstić information content (AvgIpc) is 3.25. The van der Waals surface area contributed by atoms with Crippen LogP contribution in [0.15, 0.2) is 42.6 Å². The molecule has 2 amide bonds. The van der Waals surface area contributed by atoms with Crippen LogP contribution in [0.3, 0.4) is 0 Å². The molecule has 0 radical (unpaired) electrons. The van der Waals surface area contributed by atoms with Gasteiger partial charge in [0.2, 0.25) is 0 Å². The second-order valence-corrected chi connectivity index (χ2v) is 6.34. The number of anilines is 1. The Hall–Kier alpha value is -3.19. The van der Waals surface area contributed by atoms with Crippen LogP contribution in [0.4, 0.5) is 5.00 Å². The first-order chi connectivity index (χ1) is 11.6. The molecule has 0 spiro atoms. The van der Waals surface area contributed by atoms with E-state index in [1.165, 1.54) is 11.3 Å². The molecule has 4 rings (SSSR count). The quantitative estimate of drug-likeness (QED) is 0.641. The van der Waals surface area contributed by atoms with Gasteiger partial charge in [-0.2, -0.15) is 5.10 Å². The van der Waals surface area contributed by atoms with Crippen LogP contribution in [0.5, 0.6) is 0 Å². The number of rotatable bonds is 3. The summed E-state index contributed by atoms with van der Waals surface area (Å²) in [5.74, 6) is -0.705. The van der Waals surface area contributed by atoms with E-state index in [1.54, 1.807) is 18.3 Å². The number of benzene rings is 1. The number of thiophene rings is 1. The topological polar surface area (TPSA) is 101 Å². The number of carbonyl (C=O) groups is 2. The Morgan fingerprint density at radius 3 is 2.79 bits per heavy atom. The van der Waals surface area contributed by atoms with Gasteiger partial charge in [0.05, 0.1) is 16.1 Å². The van der Waals surface area contributed by atoms with Crippen molar-refractivity contribution in [2.45, 2.75) is 0 Å². The molecule has 0 unspecified atom stereocenters. The van der Waals surface area contributed by atoms with Crippen LogP contribution in [-0.2, 0) is 4.79 Å². The molecule has 1 aromatic carbocycles. The Bertz CT molecular complexity index is 985. The highest BCUT2D eigenvalue weighted by Gasteiger charge is 2.28. The summed E-state index contributed by atoms with van der Waals surface area (Å²) in [6, 6.07) is 11.3. The summed E-state index contributed by atoms with van der Waals surface area (Å²) in [6.45, 7) is 0. The Morgan fingerprint density at radius 1 is 1.25 bits per heavy atom. The monoisotopic (exact) mass is 336 g/mol. The molecule has 0 atom stereocenters. The maximum atomic E-state index is 12.2. The van der Waals surface area contributed by atoms with E-state index in [-0.39, 0.29) is 5.91 Å². The highest BCUT2D eigenvalue weighted by molar-refractivity contribution is 7.18. The number of hydrogen-bond acceptors (Lipinski definition) is 4. The lowest BCUT2D eigenvalue weighted by molar-refractivity contribution is -0.110. The number of amides is 2. The molecule has 2 aromatic heterocycles. The van der Waals surface area contributed by atoms with E-state index >= 15 is 0 Å². The fourth-order valence-electron chi connectivity index (χ4n) is 2.63. The molecule has 118 valence electrons. The number of nitrogens with zero attached hydrogens (tertiary/aromatic N) is 1. The molecule has 3 heterocycles. The predicted octanol–water partition coefficient (Wildman–Crippen LogP) is 2.73. The van der Waals surface area contributed by atoms with E-state index in [9.17, 15) is 9.59 Å². The lowest BCUT2D eigenvalue weighted by Crippen LogP contribution is -2.09. The number of hydrogen-bond donors (Lipinski definition) is 3. The van der Waals surface area contributed by atoms with Crippen LogP contribution in [-0.4, -0.2) is 22.0 Å². The minimum atomic E-state index is -0.503. The Balaban J connectivity index is 1.80. The van der Waals surface area contributed by atoms with Crippen LogP contribution in [0.25, 0.3) is 22.9 Å². The van der Waals surface area contributed by atoms with Gasteiger partial charge in [-0.05, 0) is 12.1 Å². The van der Waals surface area contributed by atoms with Crippen molar-refractivity contribution in [3.05, 3.63) is 58.6 Å². The molecule has 0 bridgehead atoms. The van der Waals surface area contributed by atoms with Crippen molar-refractivity contribution in [2.75, 3.05) is 5.32 Å². The lowest BCUT2D eigenvalue weighted by Gasteiger charge is -2.00.